The molecule has 0 saturated carbocycles. The van der Waals surface area contributed by atoms with Crippen molar-refractivity contribution in [2.24, 2.45) is 0 Å². The van der Waals surface area contributed by atoms with Gasteiger partial charge in [0.25, 0.3) is 0 Å². The molecule has 2 rings (SSSR count). The van der Waals surface area contributed by atoms with Crippen molar-refractivity contribution in [1.29, 1.82) is 0 Å². The topological polar surface area (TPSA) is 31.1 Å². The minimum Gasteiger partial charge on any atom is -0.367 e. The molecule has 1 atom stereocenters. The third-order valence-electron chi connectivity index (χ3n) is 3.73. The molecule has 2 N–H and O–H groups in total. The number of nitrogens with one attached hydrogen (secondary N) is 2. The van der Waals surface area contributed by atoms with E-state index in [1.807, 2.05) is 6.20 Å². The standard InChI is InChI=1S/C14H25N3/c1-13-5-2-3-9-17(13)10-4-7-15-11-14-6-8-16-12-14/h6,8,12-13,15-16H,2-5,7,9-11H2,1H3. The molecule has 1 fully saturated rings. The Kier molecular flexibility index (Phi) is 5.08. The SMILES string of the molecule is CC1CCCCN1CCCNCc1cc[nH]c1. The summed E-state index contributed by atoms with van der Waals surface area (Å²) in [6.07, 6.45) is 9.49. The van der Waals surface area contributed by atoms with E-state index in [4.69, 9.17) is 0 Å². The van der Waals surface area contributed by atoms with Crippen molar-refractivity contribution >= 4 is 0 Å². The van der Waals surface area contributed by atoms with E-state index in [1.54, 1.807) is 0 Å². The second-order valence-corrected chi connectivity index (χ2v) is 5.13. The van der Waals surface area contributed by atoms with E-state index in [0.29, 0.717) is 0 Å². The summed E-state index contributed by atoms with van der Waals surface area (Å²) in [5.41, 5.74) is 1.34. The molecule has 3 nitrogen and oxygen atoms in total. The van der Waals surface area contributed by atoms with E-state index in [2.05, 4.69) is 34.4 Å². The second-order valence-electron chi connectivity index (χ2n) is 5.13. The van der Waals surface area contributed by atoms with Crippen LogP contribution in [0, 0.1) is 0 Å². The maximum Gasteiger partial charge on any atom is 0.0220 e. The van der Waals surface area contributed by atoms with E-state index in [0.717, 1.165) is 19.1 Å². The van der Waals surface area contributed by atoms with Crippen LogP contribution >= 0.6 is 0 Å². The van der Waals surface area contributed by atoms with Crippen molar-refractivity contribution in [3.05, 3.63) is 24.0 Å². The van der Waals surface area contributed by atoms with Gasteiger partial charge in [0.15, 0.2) is 0 Å². The molecule has 1 aromatic heterocycles. The Morgan fingerprint density at radius 3 is 3.18 bits per heavy atom. The van der Waals surface area contributed by atoms with Crippen LogP contribution < -0.4 is 5.32 Å². The molecule has 0 bridgehead atoms. The molecule has 1 aliphatic rings. The number of piperidine rings is 1. The highest BCUT2D eigenvalue weighted by Crippen LogP contribution is 2.15. The smallest absolute Gasteiger partial charge is 0.0220 e. The van der Waals surface area contributed by atoms with Gasteiger partial charge in [-0.1, -0.05) is 6.42 Å². The lowest BCUT2D eigenvalue weighted by Gasteiger charge is -2.33. The lowest BCUT2D eigenvalue weighted by atomic mass is 10.0. The third-order valence-corrected chi connectivity index (χ3v) is 3.73. The maximum atomic E-state index is 3.50. The quantitative estimate of drug-likeness (QED) is 0.742. The van der Waals surface area contributed by atoms with Crippen molar-refractivity contribution in [2.45, 2.75) is 45.2 Å². The monoisotopic (exact) mass is 235 g/mol. The molecule has 0 spiro atoms. The average molecular weight is 235 g/mol. The molecular weight excluding hydrogens is 210 g/mol. The van der Waals surface area contributed by atoms with Crippen LogP contribution in [0.5, 0.6) is 0 Å². The Morgan fingerprint density at radius 2 is 2.41 bits per heavy atom. The van der Waals surface area contributed by atoms with Crippen molar-refractivity contribution in [3.63, 3.8) is 0 Å². The van der Waals surface area contributed by atoms with E-state index in [-0.39, 0.29) is 0 Å². The molecule has 96 valence electrons. The Balaban J connectivity index is 1.53. The van der Waals surface area contributed by atoms with Crippen LogP contribution in [0.15, 0.2) is 18.5 Å². The molecular formula is C14H25N3. The van der Waals surface area contributed by atoms with Crippen molar-refractivity contribution < 1.29 is 0 Å². The molecule has 17 heavy (non-hydrogen) atoms. The molecule has 0 amide bonds. The van der Waals surface area contributed by atoms with E-state index in [9.17, 15) is 0 Å². The summed E-state index contributed by atoms with van der Waals surface area (Å²) in [7, 11) is 0. The Labute approximate surface area is 105 Å². The lowest BCUT2D eigenvalue weighted by molar-refractivity contribution is 0.159. The second kappa shape index (κ2) is 6.82. The van der Waals surface area contributed by atoms with Gasteiger partial charge in [-0.25, -0.2) is 0 Å². The number of likely N-dealkylation sites (tertiary alicyclic amines) is 1. The van der Waals surface area contributed by atoms with Gasteiger partial charge in [-0.15, -0.1) is 0 Å². The summed E-state index contributed by atoms with van der Waals surface area (Å²) in [4.78, 5) is 5.72. The van der Waals surface area contributed by atoms with Gasteiger partial charge in [-0.3, -0.25) is 0 Å². The van der Waals surface area contributed by atoms with E-state index < -0.39 is 0 Å². The van der Waals surface area contributed by atoms with Crippen molar-refractivity contribution in [1.82, 2.24) is 15.2 Å². The first-order chi connectivity index (χ1) is 8.36. The van der Waals surface area contributed by atoms with E-state index in [1.165, 1.54) is 44.3 Å². The minimum atomic E-state index is 0.799. The molecule has 0 aromatic carbocycles. The average Bonchev–Trinajstić information content (AvgIpc) is 2.84. The van der Waals surface area contributed by atoms with Crippen LogP contribution in [-0.2, 0) is 6.54 Å². The zero-order valence-corrected chi connectivity index (χ0v) is 10.9. The summed E-state index contributed by atoms with van der Waals surface area (Å²) < 4.78 is 0. The van der Waals surface area contributed by atoms with Crippen molar-refractivity contribution in [2.75, 3.05) is 19.6 Å². The van der Waals surface area contributed by atoms with Crippen LogP contribution in [-0.4, -0.2) is 35.6 Å². The molecule has 1 aromatic rings. The van der Waals surface area contributed by atoms with Gasteiger partial charge in [0.1, 0.15) is 0 Å². The van der Waals surface area contributed by atoms with Gasteiger partial charge in [0, 0.05) is 25.0 Å². The predicted molar refractivity (Wildman–Crippen MR) is 72.0 cm³/mol. The Hall–Kier alpha value is -0.800. The van der Waals surface area contributed by atoms with Gasteiger partial charge in [-0.2, -0.15) is 0 Å². The normalized spacial score (nSPS) is 21.8. The van der Waals surface area contributed by atoms with Crippen LogP contribution in [0.1, 0.15) is 38.2 Å². The lowest BCUT2D eigenvalue weighted by Crippen LogP contribution is -2.38. The fourth-order valence-electron chi connectivity index (χ4n) is 2.60. The number of nitrogens with zero attached hydrogens (tertiary/aromatic N) is 1. The first kappa shape index (κ1) is 12.7. The number of hydrogen-bond donors (Lipinski definition) is 2. The molecule has 1 saturated heterocycles. The van der Waals surface area contributed by atoms with Crippen LogP contribution in [0.4, 0.5) is 0 Å². The highest BCUT2D eigenvalue weighted by molar-refractivity contribution is 5.07. The maximum absolute atomic E-state index is 3.50. The number of rotatable bonds is 6. The van der Waals surface area contributed by atoms with Crippen LogP contribution in [0.25, 0.3) is 0 Å². The fraction of sp³-hybridized carbons (Fsp3) is 0.714. The molecule has 1 aliphatic heterocycles. The van der Waals surface area contributed by atoms with Crippen molar-refractivity contribution in [3.8, 4) is 0 Å². The summed E-state index contributed by atoms with van der Waals surface area (Å²) >= 11 is 0. The highest BCUT2D eigenvalue weighted by atomic mass is 15.2. The van der Waals surface area contributed by atoms with Gasteiger partial charge in [-0.05, 0) is 57.5 Å². The molecule has 0 radical (unpaired) electrons. The Morgan fingerprint density at radius 1 is 1.47 bits per heavy atom. The van der Waals surface area contributed by atoms with E-state index >= 15 is 0 Å². The third kappa shape index (κ3) is 4.17. The molecule has 3 heteroatoms. The van der Waals surface area contributed by atoms with Gasteiger partial charge < -0.3 is 15.2 Å². The summed E-state index contributed by atoms with van der Waals surface area (Å²) in [6, 6.07) is 2.92. The number of H-pyrrole nitrogens is 1. The summed E-state index contributed by atoms with van der Waals surface area (Å²) in [5, 5.41) is 3.50. The van der Waals surface area contributed by atoms with Gasteiger partial charge in [0.2, 0.25) is 0 Å². The largest absolute Gasteiger partial charge is 0.367 e. The minimum absolute atomic E-state index is 0.799. The zero-order chi connectivity index (χ0) is 11.9. The van der Waals surface area contributed by atoms with Crippen LogP contribution in [0.2, 0.25) is 0 Å². The zero-order valence-electron chi connectivity index (χ0n) is 10.9. The fourth-order valence-corrected chi connectivity index (χ4v) is 2.60. The summed E-state index contributed by atoms with van der Waals surface area (Å²) in [5.74, 6) is 0. The summed E-state index contributed by atoms with van der Waals surface area (Å²) in [6.45, 7) is 7.03. The van der Waals surface area contributed by atoms with Gasteiger partial charge >= 0.3 is 0 Å². The van der Waals surface area contributed by atoms with Gasteiger partial charge in [0.05, 0.1) is 0 Å². The first-order valence-electron chi connectivity index (χ1n) is 6.92. The van der Waals surface area contributed by atoms with Crippen LogP contribution in [0.3, 0.4) is 0 Å². The number of hydrogen-bond acceptors (Lipinski definition) is 2. The molecule has 2 heterocycles. The molecule has 1 unspecified atom stereocenters. The first-order valence-corrected chi connectivity index (χ1v) is 6.92. The number of aromatic amines is 1. The predicted octanol–water partition coefficient (Wildman–Crippen LogP) is 2.37. The molecule has 0 aliphatic carbocycles. The highest BCUT2D eigenvalue weighted by Gasteiger charge is 2.16. The Bertz CT molecular complexity index is 294. The number of aromatic nitrogens is 1.